The molecule has 1 heterocycles. The molecule has 3 N–H and O–H groups in total. The lowest BCUT2D eigenvalue weighted by molar-refractivity contribution is 0.262. The first kappa shape index (κ1) is 19.5. The average Bonchev–Trinajstić information content (AvgIpc) is 2.69. The van der Waals surface area contributed by atoms with Crippen molar-refractivity contribution in [2.75, 3.05) is 10.6 Å². The number of aromatic nitrogens is 1. The fraction of sp³-hybridized carbons (Fsp3) is 0.100. The molecule has 0 radical (unpaired) electrons. The monoisotopic (exact) mass is 396 g/mol. The van der Waals surface area contributed by atoms with Crippen molar-refractivity contribution in [3.63, 3.8) is 0 Å². The zero-order valence-electron chi connectivity index (χ0n) is 15.2. The Morgan fingerprint density at radius 2 is 1.54 bits per heavy atom. The Morgan fingerprint density at radius 3 is 2.14 bits per heavy atom. The van der Waals surface area contributed by atoms with Gasteiger partial charge in [-0.25, -0.2) is 17.9 Å². The van der Waals surface area contributed by atoms with Gasteiger partial charge < -0.3 is 10.6 Å². The van der Waals surface area contributed by atoms with Crippen molar-refractivity contribution in [3.05, 3.63) is 84.7 Å². The summed E-state index contributed by atoms with van der Waals surface area (Å²) in [7, 11) is -3.66. The minimum absolute atomic E-state index is 0.109. The van der Waals surface area contributed by atoms with E-state index in [1.54, 1.807) is 49.4 Å². The van der Waals surface area contributed by atoms with Crippen molar-refractivity contribution in [2.24, 2.45) is 0 Å². The number of urea groups is 1. The maximum Gasteiger partial charge on any atom is 0.323 e. The molecule has 2 aromatic carbocycles. The van der Waals surface area contributed by atoms with Crippen LogP contribution >= 0.6 is 0 Å². The molecular weight excluding hydrogens is 376 g/mol. The molecule has 0 aliphatic heterocycles. The Balaban J connectivity index is 1.61. The van der Waals surface area contributed by atoms with E-state index in [9.17, 15) is 13.2 Å². The van der Waals surface area contributed by atoms with Crippen LogP contribution in [0.5, 0.6) is 0 Å². The number of benzene rings is 2. The summed E-state index contributed by atoms with van der Waals surface area (Å²) in [6.45, 7) is 1.75. The third-order valence-electron chi connectivity index (χ3n) is 3.98. The lowest BCUT2D eigenvalue weighted by Crippen LogP contribution is -2.27. The number of rotatable bonds is 6. The van der Waals surface area contributed by atoms with E-state index in [0.717, 1.165) is 5.56 Å². The van der Waals surface area contributed by atoms with Crippen molar-refractivity contribution in [1.82, 2.24) is 9.71 Å². The smallest absolute Gasteiger partial charge is 0.308 e. The molecule has 1 unspecified atom stereocenters. The van der Waals surface area contributed by atoms with Gasteiger partial charge in [0.05, 0.1) is 0 Å². The van der Waals surface area contributed by atoms with Gasteiger partial charge in [-0.1, -0.05) is 30.3 Å². The van der Waals surface area contributed by atoms with E-state index in [4.69, 9.17) is 0 Å². The Labute approximate surface area is 163 Å². The molecule has 3 rings (SSSR count). The second-order valence-electron chi connectivity index (χ2n) is 6.10. The summed E-state index contributed by atoms with van der Waals surface area (Å²) in [5, 5.41) is 5.46. The van der Waals surface area contributed by atoms with Crippen LogP contribution in [0.1, 0.15) is 18.5 Å². The Kier molecular flexibility index (Phi) is 6.03. The first-order valence-corrected chi connectivity index (χ1v) is 10.1. The summed E-state index contributed by atoms with van der Waals surface area (Å²) in [6.07, 6.45) is 2.82. The van der Waals surface area contributed by atoms with Gasteiger partial charge in [0.25, 0.3) is 0 Å². The lowest BCUT2D eigenvalue weighted by Gasteiger charge is -2.15. The van der Waals surface area contributed by atoms with E-state index in [2.05, 4.69) is 20.3 Å². The van der Waals surface area contributed by atoms with Gasteiger partial charge >= 0.3 is 6.03 Å². The Bertz CT molecular complexity index is 1020. The quantitative estimate of drug-likeness (QED) is 0.590. The van der Waals surface area contributed by atoms with Crippen molar-refractivity contribution >= 4 is 27.4 Å². The number of hydrogen-bond acceptors (Lipinski definition) is 4. The summed E-state index contributed by atoms with van der Waals surface area (Å²) in [6, 6.07) is 18.3. The molecule has 1 aromatic heterocycles. The van der Waals surface area contributed by atoms with Crippen LogP contribution in [0.4, 0.5) is 16.2 Å². The van der Waals surface area contributed by atoms with Crippen molar-refractivity contribution in [1.29, 1.82) is 0 Å². The van der Waals surface area contributed by atoms with Gasteiger partial charge in [-0.3, -0.25) is 4.98 Å². The molecule has 144 valence electrons. The predicted molar refractivity (Wildman–Crippen MR) is 108 cm³/mol. The Morgan fingerprint density at radius 1 is 0.893 bits per heavy atom. The first-order chi connectivity index (χ1) is 13.4. The highest BCUT2D eigenvalue weighted by atomic mass is 32.2. The zero-order chi connectivity index (χ0) is 20.0. The van der Waals surface area contributed by atoms with E-state index < -0.39 is 16.1 Å². The molecule has 0 aliphatic rings. The average molecular weight is 396 g/mol. The minimum atomic E-state index is -3.66. The summed E-state index contributed by atoms with van der Waals surface area (Å²) >= 11 is 0. The van der Waals surface area contributed by atoms with Crippen LogP contribution in [0.3, 0.4) is 0 Å². The van der Waals surface area contributed by atoms with Gasteiger partial charge in [0, 0.05) is 29.8 Å². The fourth-order valence-corrected chi connectivity index (χ4v) is 3.74. The van der Waals surface area contributed by atoms with Crippen LogP contribution in [0.25, 0.3) is 0 Å². The molecule has 0 fully saturated rings. The van der Waals surface area contributed by atoms with Gasteiger partial charge in [0.15, 0.2) is 0 Å². The number of sulfonamides is 1. The maximum atomic E-state index is 12.4. The molecule has 28 heavy (non-hydrogen) atoms. The highest BCUT2D eigenvalue weighted by Gasteiger charge is 2.18. The van der Waals surface area contributed by atoms with Crippen LogP contribution in [0.15, 0.2) is 84.0 Å². The van der Waals surface area contributed by atoms with E-state index in [0.29, 0.717) is 11.4 Å². The topological polar surface area (TPSA) is 100 Å². The van der Waals surface area contributed by atoms with Crippen LogP contribution in [0, 0.1) is 0 Å². The number of amides is 2. The fourth-order valence-electron chi connectivity index (χ4n) is 2.54. The normalized spacial score (nSPS) is 12.2. The van der Waals surface area contributed by atoms with Crippen LogP contribution in [-0.2, 0) is 10.0 Å². The van der Waals surface area contributed by atoms with Crippen LogP contribution in [-0.4, -0.2) is 19.4 Å². The third kappa shape index (κ3) is 5.15. The van der Waals surface area contributed by atoms with Crippen LogP contribution in [0.2, 0.25) is 0 Å². The summed E-state index contributed by atoms with van der Waals surface area (Å²) in [4.78, 5) is 16.0. The molecule has 0 aliphatic carbocycles. The molecule has 7 nitrogen and oxygen atoms in total. The molecule has 8 heteroatoms. The van der Waals surface area contributed by atoms with E-state index in [1.807, 2.05) is 18.2 Å². The molecule has 0 bridgehead atoms. The Hall–Kier alpha value is -3.23. The number of carbonyl (C=O) groups excluding carboxylic acids is 1. The highest BCUT2D eigenvalue weighted by molar-refractivity contribution is 7.89. The SMILES string of the molecule is CC(NS(=O)(=O)c1cccnc1)c1ccc(NC(=O)Nc2ccccc2)cc1. The highest BCUT2D eigenvalue weighted by Crippen LogP contribution is 2.19. The second kappa shape index (κ2) is 8.64. The van der Waals surface area contributed by atoms with Gasteiger partial charge in [-0.15, -0.1) is 0 Å². The number of nitrogens with zero attached hydrogens (tertiary/aromatic N) is 1. The number of anilines is 2. The lowest BCUT2D eigenvalue weighted by atomic mass is 10.1. The third-order valence-corrected chi connectivity index (χ3v) is 5.50. The zero-order valence-corrected chi connectivity index (χ0v) is 16.0. The largest absolute Gasteiger partial charge is 0.323 e. The molecule has 2 amide bonds. The molecular formula is C20H20N4O3S. The summed E-state index contributed by atoms with van der Waals surface area (Å²) in [5.74, 6) is 0. The van der Waals surface area contributed by atoms with Gasteiger partial charge in [-0.2, -0.15) is 0 Å². The maximum absolute atomic E-state index is 12.4. The summed E-state index contributed by atoms with van der Waals surface area (Å²) in [5.41, 5.74) is 2.05. The summed E-state index contributed by atoms with van der Waals surface area (Å²) < 4.78 is 27.4. The number of para-hydroxylation sites is 1. The molecule has 0 spiro atoms. The second-order valence-corrected chi connectivity index (χ2v) is 7.81. The number of hydrogen-bond donors (Lipinski definition) is 3. The van der Waals surface area contributed by atoms with E-state index >= 15 is 0 Å². The van der Waals surface area contributed by atoms with E-state index in [-0.39, 0.29) is 10.9 Å². The van der Waals surface area contributed by atoms with Gasteiger partial charge in [-0.05, 0) is 48.9 Å². The van der Waals surface area contributed by atoms with Crippen molar-refractivity contribution < 1.29 is 13.2 Å². The van der Waals surface area contributed by atoms with Gasteiger partial charge in [0.2, 0.25) is 10.0 Å². The molecule has 3 aromatic rings. The predicted octanol–water partition coefficient (Wildman–Crippen LogP) is 3.77. The van der Waals surface area contributed by atoms with Crippen molar-refractivity contribution in [3.8, 4) is 0 Å². The van der Waals surface area contributed by atoms with Gasteiger partial charge in [0.1, 0.15) is 4.90 Å². The number of carbonyl (C=O) groups is 1. The first-order valence-electron chi connectivity index (χ1n) is 8.59. The number of pyridine rings is 1. The molecule has 0 saturated heterocycles. The molecule has 1 atom stereocenters. The number of nitrogens with one attached hydrogen (secondary N) is 3. The van der Waals surface area contributed by atoms with E-state index in [1.165, 1.54) is 18.5 Å². The minimum Gasteiger partial charge on any atom is -0.308 e. The van der Waals surface area contributed by atoms with Crippen LogP contribution < -0.4 is 15.4 Å². The standard InChI is InChI=1S/C20H20N4O3S/c1-15(24-28(26,27)19-8-5-13-21-14-19)16-9-11-18(12-10-16)23-20(25)22-17-6-3-2-4-7-17/h2-15,24H,1H3,(H2,22,23,25). The molecule has 0 saturated carbocycles. The van der Waals surface area contributed by atoms with Crippen molar-refractivity contribution in [2.45, 2.75) is 17.9 Å².